The molecule has 4 aromatic rings. The Hall–Kier alpha value is -3.68. The van der Waals surface area contributed by atoms with E-state index in [1.807, 2.05) is 42.5 Å². The largest absolute Gasteiger partial charge is 0.489 e. The lowest BCUT2D eigenvalue weighted by molar-refractivity contribution is -0.136. The van der Waals surface area contributed by atoms with Gasteiger partial charge in [-0.1, -0.05) is 30.3 Å². The van der Waals surface area contributed by atoms with Crippen LogP contribution in [0.2, 0.25) is 0 Å². The maximum absolute atomic E-state index is 13.1. The molecule has 0 aliphatic heterocycles. The van der Waals surface area contributed by atoms with Gasteiger partial charge in [0.2, 0.25) is 0 Å². The number of nitrogens with two attached hydrogens (primary N) is 2. The number of carboxylic acid groups (broad SMARTS) is 1. The number of ether oxygens (including phenoxy) is 1. The van der Waals surface area contributed by atoms with Crippen molar-refractivity contribution in [3.8, 4) is 16.9 Å². The second kappa shape index (κ2) is 9.85. The van der Waals surface area contributed by atoms with Gasteiger partial charge in [0.05, 0.1) is 18.7 Å². The molecule has 0 saturated heterocycles. The Labute approximate surface area is 190 Å². The van der Waals surface area contributed by atoms with E-state index in [0.717, 1.165) is 33.2 Å². The van der Waals surface area contributed by atoms with Crippen LogP contribution >= 0.6 is 0 Å². The van der Waals surface area contributed by atoms with Gasteiger partial charge in [-0.05, 0) is 52.6 Å². The zero-order valence-corrected chi connectivity index (χ0v) is 18.0. The van der Waals surface area contributed by atoms with Crippen LogP contribution in [0.3, 0.4) is 0 Å². The van der Waals surface area contributed by atoms with Crippen LogP contribution in [0.1, 0.15) is 28.3 Å². The average molecular weight is 448 g/mol. The molecular formula is C26H25FN2O4. The zero-order valence-electron chi connectivity index (χ0n) is 18.0. The molecule has 5 N–H and O–H groups in total. The number of aliphatic carboxylic acids is 1. The number of hydrogen-bond acceptors (Lipinski definition) is 5. The lowest BCUT2D eigenvalue weighted by Gasteiger charge is -2.15. The number of fused-ring (bicyclic) bond motifs is 1. The second-order valence-electron chi connectivity index (χ2n) is 7.87. The van der Waals surface area contributed by atoms with Crippen molar-refractivity contribution in [1.29, 1.82) is 0 Å². The van der Waals surface area contributed by atoms with Crippen LogP contribution in [0.5, 0.6) is 5.75 Å². The summed E-state index contributed by atoms with van der Waals surface area (Å²) in [6.07, 6.45) is 1.43. The first-order valence-corrected chi connectivity index (χ1v) is 10.6. The summed E-state index contributed by atoms with van der Waals surface area (Å²) in [7, 11) is 0. The van der Waals surface area contributed by atoms with Gasteiger partial charge in [0.1, 0.15) is 24.6 Å². The normalized spacial score (nSPS) is 12.1. The van der Waals surface area contributed by atoms with Gasteiger partial charge >= 0.3 is 5.97 Å². The number of hydrogen-bond donors (Lipinski definition) is 3. The van der Waals surface area contributed by atoms with E-state index in [4.69, 9.17) is 20.6 Å². The van der Waals surface area contributed by atoms with Gasteiger partial charge < -0.3 is 25.7 Å². The molecule has 0 aliphatic rings. The minimum atomic E-state index is -0.982. The van der Waals surface area contributed by atoms with Crippen molar-refractivity contribution >= 4 is 16.9 Å². The van der Waals surface area contributed by atoms with Crippen molar-refractivity contribution in [2.75, 3.05) is 6.67 Å². The molecule has 6 nitrogen and oxygen atoms in total. The molecule has 4 rings (SSSR count). The first-order valence-electron chi connectivity index (χ1n) is 10.6. The highest BCUT2D eigenvalue weighted by atomic mass is 19.1. The Kier molecular flexibility index (Phi) is 6.72. The van der Waals surface area contributed by atoms with Crippen molar-refractivity contribution < 1.29 is 23.4 Å². The SMILES string of the molecule is NCc1cccc(-c2cc(COc3cc(C(N)CF)ccc3CC(=O)O)cc3ccoc23)c1. The molecule has 0 saturated carbocycles. The van der Waals surface area contributed by atoms with Crippen LogP contribution in [-0.4, -0.2) is 17.8 Å². The van der Waals surface area contributed by atoms with Crippen molar-refractivity contribution in [3.05, 3.63) is 89.2 Å². The lowest BCUT2D eigenvalue weighted by atomic mass is 9.99. The molecule has 170 valence electrons. The number of rotatable bonds is 9. The van der Waals surface area contributed by atoms with Gasteiger partial charge in [0.25, 0.3) is 0 Å². The van der Waals surface area contributed by atoms with Crippen molar-refractivity contribution in [3.63, 3.8) is 0 Å². The number of carboxylic acids is 1. The Balaban J connectivity index is 1.68. The number of alkyl halides is 1. The van der Waals surface area contributed by atoms with Gasteiger partial charge in [-0.3, -0.25) is 4.79 Å². The highest BCUT2D eigenvalue weighted by Crippen LogP contribution is 2.32. The summed E-state index contributed by atoms with van der Waals surface area (Å²) in [6, 6.07) is 17.8. The number of benzene rings is 3. The summed E-state index contributed by atoms with van der Waals surface area (Å²) >= 11 is 0. The smallest absolute Gasteiger partial charge is 0.307 e. The summed E-state index contributed by atoms with van der Waals surface area (Å²) in [5.41, 5.74) is 17.2. The summed E-state index contributed by atoms with van der Waals surface area (Å²) in [4.78, 5) is 11.3. The van der Waals surface area contributed by atoms with Crippen LogP contribution < -0.4 is 16.2 Å². The van der Waals surface area contributed by atoms with E-state index in [0.29, 0.717) is 23.4 Å². The van der Waals surface area contributed by atoms with E-state index in [2.05, 4.69) is 0 Å². The molecule has 1 heterocycles. The van der Waals surface area contributed by atoms with Crippen molar-refractivity contribution in [2.45, 2.75) is 25.6 Å². The Bertz CT molecular complexity index is 1280. The summed E-state index contributed by atoms with van der Waals surface area (Å²) in [6.45, 7) is -0.104. The van der Waals surface area contributed by atoms with Crippen molar-refractivity contribution in [2.24, 2.45) is 11.5 Å². The van der Waals surface area contributed by atoms with E-state index >= 15 is 0 Å². The predicted octanol–water partition coefficient (Wildman–Crippen LogP) is 4.73. The van der Waals surface area contributed by atoms with Gasteiger partial charge in [-0.25, -0.2) is 4.39 Å². The van der Waals surface area contributed by atoms with E-state index in [1.54, 1.807) is 24.5 Å². The monoisotopic (exact) mass is 448 g/mol. The molecule has 1 aromatic heterocycles. The molecule has 0 fully saturated rings. The van der Waals surface area contributed by atoms with Crippen LogP contribution in [0.4, 0.5) is 4.39 Å². The molecule has 7 heteroatoms. The molecule has 1 unspecified atom stereocenters. The second-order valence-corrected chi connectivity index (χ2v) is 7.87. The first-order chi connectivity index (χ1) is 16.0. The third-order valence-corrected chi connectivity index (χ3v) is 5.51. The Morgan fingerprint density at radius 2 is 1.94 bits per heavy atom. The summed E-state index contributed by atoms with van der Waals surface area (Å²) < 4.78 is 24.8. The maximum atomic E-state index is 13.1. The molecule has 1 atom stereocenters. The Morgan fingerprint density at radius 1 is 1.09 bits per heavy atom. The quantitative estimate of drug-likeness (QED) is 0.341. The standard InChI is InChI=1S/C26H25FN2O4/c27-13-23(29)19-4-5-20(12-25(30)31)24(11-19)33-15-17-9-21-6-7-32-26(21)22(10-17)18-3-1-2-16(8-18)14-28/h1-11,23H,12-15,28-29H2,(H,30,31). The van der Waals surface area contributed by atoms with E-state index in [1.165, 1.54) is 0 Å². The van der Waals surface area contributed by atoms with Crippen LogP contribution in [-0.2, 0) is 24.4 Å². The average Bonchev–Trinajstić information content (AvgIpc) is 3.30. The van der Waals surface area contributed by atoms with Gasteiger partial charge in [-0.2, -0.15) is 0 Å². The fourth-order valence-corrected chi connectivity index (χ4v) is 3.80. The zero-order chi connectivity index (χ0) is 23.4. The molecule has 33 heavy (non-hydrogen) atoms. The van der Waals surface area contributed by atoms with Crippen LogP contribution in [0, 0.1) is 0 Å². The predicted molar refractivity (Wildman–Crippen MR) is 125 cm³/mol. The van der Waals surface area contributed by atoms with Gasteiger partial charge in [0.15, 0.2) is 0 Å². The van der Waals surface area contributed by atoms with E-state index < -0.39 is 18.7 Å². The third-order valence-electron chi connectivity index (χ3n) is 5.51. The summed E-state index contributed by atoms with van der Waals surface area (Å²) in [5, 5.41) is 10.2. The lowest BCUT2D eigenvalue weighted by Crippen LogP contribution is -2.13. The number of carbonyl (C=O) groups is 1. The van der Waals surface area contributed by atoms with Crippen molar-refractivity contribution in [1.82, 2.24) is 0 Å². The topological polar surface area (TPSA) is 112 Å². The minimum absolute atomic E-state index is 0.186. The molecule has 0 radical (unpaired) electrons. The van der Waals surface area contributed by atoms with Gasteiger partial charge in [0, 0.05) is 23.1 Å². The van der Waals surface area contributed by atoms with E-state index in [-0.39, 0.29) is 13.0 Å². The first kappa shape index (κ1) is 22.5. The number of halogens is 1. The Morgan fingerprint density at radius 3 is 2.70 bits per heavy atom. The highest BCUT2D eigenvalue weighted by molar-refractivity contribution is 5.93. The molecular weight excluding hydrogens is 423 g/mol. The molecule has 3 aromatic carbocycles. The third kappa shape index (κ3) is 5.05. The molecule has 0 bridgehead atoms. The summed E-state index contributed by atoms with van der Waals surface area (Å²) in [5.74, 6) is -0.609. The maximum Gasteiger partial charge on any atom is 0.307 e. The van der Waals surface area contributed by atoms with Gasteiger partial charge in [-0.15, -0.1) is 0 Å². The highest BCUT2D eigenvalue weighted by Gasteiger charge is 2.15. The fraction of sp³-hybridized carbons (Fsp3) is 0.192. The number of furan rings is 1. The van der Waals surface area contributed by atoms with Crippen LogP contribution in [0.15, 0.2) is 71.3 Å². The van der Waals surface area contributed by atoms with E-state index in [9.17, 15) is 14.3 Å². The minimum Gasteiger partial charge on any atom is -0.489 e. The molecule has 0 aliphatic carbocycles. The fourth-order valence-electron chi connectivity index (χ4n) is 3.80. The van der Waals surface area contributed by atoms with Crippen LogP contribution in [0.25, 0.3) is 22.1 Å². The molecule has 0 spiro atoms. The molecule has 0 amide bonds.